The van der Waals surface area contributed by atoms with Crippen LogP contribution >= 0.6 is 0 Å². The Labute approximate surface area is 152 Å². The van der Waals surface area contributed by atoms with E-state index in [0.717, 1.165) is 25.7 Å². The number of carbonyl (C=O) groups is 1. The molecule has 2 N–H and O–H groups in total. The summed E-state index contributed by atoms with van der Waals surface area (Å²) in [6.07, 6.45) is 4.28. The molecule has 1 aliphatic rings. The molecule has 3 rings (SSSR count). The van der Waals surface area contributed by atoms with E-state index in [0.29, 0.717) is 30.1 Å². The quantitative estimate of drug-likeness (QED) is 0.795. The predicted molar refractivity (Wildman–Crippen MR) is 94.3 cm³/mol. The molecule has 140 valence electrons. The largest absolute Gasteiger partial charge is 0.487 e. The zero-order chi connectivity index (χ0) is 18.6. The standard InChI is InChI=1S/C19H24FN3O3/c1-23(10-9-19(25)7-2-3-8-19)18(24)17-12-15(21-22-17)13-26-16-6-4-5-14(20)11-16/h4-6,11-12,25H,2-3,7-10,13H2,1H3,(H,21,22). The van der Waals surface area contributed by atoms with Gasteiger partial charge < -0.3 is 14.7 Å². The van der Waals surface area contributed by atoms with Gasteiger partial charge in [-0.25, -0.2) is 4.39 Å². The van der Waals surface area contributed by atoms with Gasteiger partial charge in [0.25, 0.3) is 5.91 Å². The summed E-state index contributed by atoms with van der Waals surface area (Å²) < 4.78 is 18.6. The summed E-state index contributed by atoms with van der Waals surface area (Å²) in [5.74, 6) is -0.164. The van der Waals surface area contributed by atoms with Gasteiger partial charge in [-0.2, -0.15) is 5.10 Å². The lowest BCUT2D eigenvalue weighted by Gasteiger charge is -2.25. The van der Waals surface area contributed by atoms with Crippen LogP contribution in [0.15, 0.2) is 30.3 Å². The first kappa shape index (κ1) is 18.4. The molecule has 2 aromatic rings. The van der Waals surface area contributed by atoms with Crippen molar-refractivity contribution < 1.29 is 19.0 Å². The van der Waals surface area contributed by atoms with E-state index in [1.807, 2.05) is 0 Å². The lowest BCUT2D eigenvalue weighted by molar-refractivity contribution is 0.0295. The van der Waals surface area contributed by atoms with Crippen molar-refractivity contribution in [2.75, 3.05) is 13.6 Å². The zero-order valence-corrected chi connectivity index (χ0v) is 14.9. The highest BCUT2D eigenvalue weighted by atomic mass is 19.1. The molecule has 1 aromatic heterocycles. The summed E-state index contributed by atoms with van der Waals surface area (Å²) in [5.41, 5.74) is 0.286. The first-order valence-electron chi connectivity index (χ1n) is 8.86. The maximum absolute atomic E-state index is 13.1. The summed E-state index contributed by atoms with van der Waals surface area (Å²) >= 11 is 0. The average Bonchev–Trinajstić information content (AvgIpc) is 3.27. The van der Waals surface area contributed by atoms with Gasteiger partial charge in [0, 0.05) is 19.7 Å². The smallest absolute Gasteiger partial charge is 0.274 e. The van der Waals surface area contributed by atoms with Gasteiger partial charge in [-0.15, -0.1) is 0 Å². The van der Waals surface area contributed by atoms with Crippen LogP contribution in [0.5, 0.6) is 5.75 Å². The Morgan fingerprint density at radius 3 is 2.88 bits per heavy atom. The van der Waals surface area contributed by atoms with Gasteiger partial charge in [0.2, 0.25) is 0 Å². The minimum atomic E-state index is -0.635. The maximum Gasteiger partial charge on any atom is 0.274 e. The molecule has 0 radical (unpaired) electrons. The molecule has 1 saturated carbocycles. The topological polar surface area (TPSA) is 78.5 Å². The Bertz CT molecular complexity index is 756. The van der Waals surface area contributed by atoms with Crippen LogP contribution in [0.4, 0.5) is 4.39 Å². The van der Waals surface area contributed by atoms with E-state index in [4.69, 9.17) is 4.74 Å². The second-order valence-corrected chi connectivity index (χ2v) is 6.93. The van der Waals surface area contributed by atoms with Crippen molar-refractivity contribution in [1.29, 1.82) is 0 Å². The van der Waals surface area contributed by atoms with Crippen LogP contribution in [0.2, 0.25) is 0 Å². The number of aromatic amines is 1. The molecule has 7 heteroatoms. The van der Waals surface area contributed by atoms with Crippen LogP contribution in [-0.4, -0.2) is 45.3 Å². The fourth-order valence-corrected chi connectivity index (χ4v) is 3.22. The van der Waals surface area contributed by atoms with Gasteiger partial charge in [-0.3, -0.25) is 9.89 Å². The molecule has 0 bridgehead atoms. The van der Waals surface area contributed by atoms with Crippen molar-refractivity contribution in [2.24, 2.45) is 0 Å². The number of carbonyl (C=O) groups excluding carboxylic acids is 1. The van der Waals surface area contributed by atoms with Crippen molar-refractivity contribution in [1.82, 2.24) is 15.1 Å². The molecule has 1 fully saturated rings. The molecule has 0 saturated heterocycles. The molecule has 6 nitrogen and oxygen atoms in total. The Morgan fingerprint density at radius 1 is 1.38 bits per heavy atom. The monoisotopic (exact) mass is 361 g/mol. The molecule has 26 heavy (non-hydrogen) atoms. The molecule has 0 unspecified atom stereocenters. The highest BCUT2D eigenvalue weighted by molar-refractivity contribution is 5.92. The number of benzene rings is 1. The van der Waals surface area contributed by atoms with Crippen LogP contribution in [0.25, 0.3) is 0 Å². The molecule has 1 aliphatic carbocycles. The van der Waals surface area contributed by atoms with E-state index in [-0.39, 0.29) is 18.3 Å². The molecule has 1 heterocycles. The molecule has 0 aliphatic heterocycles. The van der Waals surface area contributed by atoms with Gasteiger partial charge in [0.05, 0.1) is 11.3 Å². The van der Waals surface area contributed by atoms with Gasteiger partial charge in [-0.05, 0) is 37.5 Å². The van der Waals surface area contributed by atoms with E-state index in [1.165, 1.54) is 12.1 Å². The summed E-state index contributed by atoms with van der Waals surface area (Å²) in [6, 6.07) is 7.50. The molecular formula is C19H24FN3O3. The number of nitrogens with one attached hydrogen (secondary N) is 1. The molecule has 0 spiro atoms. The molecular weight excluding hydrogens is 337 g/mol. The van der Waals surface area contributed by atoms with Gasteiger partial charge in [0.15, 0.2) is 5.69 Å². The number of aromatic nitrogens is 2. The second-order valence-electron chi connectivity index (χ2n) is 6.93. The van der Waals surface area contributed by atoms with Crippen LogP contribution in [-0.2, 0) is 6.61 Å². The van der Waals surface area contributed by atoms with Crippen LogP contribution in [0.3, 0.4) is 0 Å². The zero-order valence-electron chi connectivity index (χ0n) is 14.9. The normalized spacial score (nSPS) is 15.8. The van der Waals surface area contributed by atoms with E-state index < -0.39 is 5.60 Å². The second kappa shape index (κ2) is 7.86. The molecule has 0 atom stereocenters. The number of amides is 1. The third kappa shape index (κ3) is 4.60. The Morgan fingerprint density at radius 2 is 2.15 bits per heavy atom. The van der Waals surface area contributed by atoms with E-state index in [2.05, 4.69) is 10.2 Å². The Hall–Kier alpha value is -2.41. The van der Waals surface area contributed by atoms with Crippen LogP contribution < -0.4 is 4.74 Å². The average molecular weight is 361 g/mol. The van der Waals surface area contributed by atoms with Crippen molar-refractivity contribution >= 4 is 5.91 Å². The Kier molecular flexibility index (Phi) is 5.56. The van der Waals surface area contributed by atoms with Gasteiger partial charge in [0.1, 0.15) is 18.2 Å². The van der Waals surface area contributed by atoms with Gasteiger partial charge >= 0.3 is 0 Å². The predicted octanol–water partition coefficient (Wildman–Crippen LogP) is 2.90. The van der Waals surface area contributed by atoms with E-state index in [1.54, 1.807) is 30.1 Å². The summed E-state index contributed by atoms with van der Waals surface area (Å²) in [6.45, 7) is 0.643. The third-order valence-corrected chi connectivity index (χ3v) is 4.83. The third-order valence-electron chi connectivity index (χ3n) is 4.83. The number of ether oxygens (including phenoxy) is 1. The number of aliphatic hydroxyl groups is 1. The van der Waals surface area contributed by atoms with Crippen molar-refractivity contribution in [3.8, 4) is 5.75 Å². The summed E-state index contributed by atoms with van der Waals surface area (Å²) in [7, 11) is 1.71. The number of hydrogen-bond acceptors (Lipinski definition) is 4. The SMILES string of the molecule is CN(CCC1(O)CCCC1)C(=O)c1cc(COc2cccc(F)c2)[nH]n1. The first-order valence-corrected chi connectivity index (χ1v) is 8.86. The molecule has 1 amide bonds. The number of hydrogen-bond donors (Lipinski definition) is 2. The minimum absolute atomic E-state index is 0.160. The highest BCUT2D eigenvalue weighted by Crippen LogP contribution is 2.32. The highest BCUT2D eigenvalue weighted by Gasteiger charge is 2.31. The summed E-state index contributed by atoms with van der Waals surface area (Å²) in [5, 5.41) is 17.2. The maximum atomic E-state index is 13.1. The molecule has 1 aromatic carbocycles. The summed E-state index contributed by atoms with van der Waals surface area (Å²) in [4.78, 5) is 14.0. The Balaban J connectivity index is 1.52. The number of nitrogens with zero attached hydrogens (tertiary/aromatic N) is 2. The van der Waals surface area contributed by atoms with Gasteiger partial charge in [-0.1, -0.05) is 18.9 Å². The number of rotatable bonds is 7. The number of H-pyrrole nitrogens is 1. The number of halogens is 1. The van der Waals surface area contributed by atoms with Crippen LogP contribution in [0.1, 0.15) is 48.3 Å². The van der Waals surface area contributed by atoms with E-state index >= 15 is 0 Å². The van der Waals surface area contributed by atoms with E-state index in [9.17, 15) is 14.3 Å². The van der Waals surface area contributed by atoms with Crippen LogP contribution in [0, 0.1) is 5.82 Å². The fourth-order valence-electron chi connectivity index (χ4n) is 3.22. The first-order chi connectivity index (χ1) is 12.5. The fraction of sp³-hybridized carbons (Fsp3) is 0.474. The minimum Gasteiger partial charge on any atom is -0.487 e. The van der Waals surface area contributed by atoms with Crippen molar-refractivity contribution in [3.63, 3.8) is 0 Å². The van der Waals surface area contributed by atoms with Crippen molar-refractivity contribution in [3.05, 3.63) is 47.5 Å². The van der Waals surface area contributed by atoms with Crippen molar-refractivity contribution in [2.45, 2.75) is 44.3 Å². The lowest BCUT2D eigenvalue weighted by atomic mass is 9.98. The lowest BCUT2D eigenvalue weighted by Crippen LogP contribution is -2.34.